The number of hydrogen-bond acceptors (Lipinski definition) is 5. The highest BCUT2D eigenvalue weighted by Crippen LogP contribution is 2.44. The van der Waals surface area contributed by atoms with E-state index in [9.17, 15) is 14.0 Å². The third-order valence-corrected chi connectivity index (χ3v) is 4.68. The molecule has 0 radical (unpaired) electrons. The normalized spacial score (nSPS) is 15.9. The van der Waals surface area contributed by atoms with Gasteiger partial charge in [0.1, 0.15) is 17.1 Å². The minimum Gasteiger partial charge on any atom is -0.462 e. The molecule has 6 nitrogen and oxygen atoms in total. The van der Waals surface area contributed by atoms with Crippen molar-refractivity contribution in [2.45, 2.75) is 12.8 Å². The van der Waals surface area contributed by atoms with Crippen LogP contribution in [-0.2, 0) is 9.53 Å². The standard InChI is InChI=1S/C21H17FN2O4/c1-2-27-21(26)17-15(11-7-3-5-9-13(11)22)16-18(28-19(17)23)12-8-4-6-10-14(12)24-20(16)25/h3-10,15H,2,23H2,1H3,(H,24,25). The molecule has 28 heavy (non-hydrogen) atoms. The van der Waals surface area contributed by atoms with Gasteiger partial charge in [-0.2, -0.15) is 0 Å². The first kappa shape index (κ1) is 17.8. The van der Waals surface area contributed by atoms with Crippen molar-refractivity contribution in [3.63, 3.8) is 0 Å². The smallest absolute Gasteiger partial charge is 0.340 e. The molecule has 0 spiro atoms. The van der Waals surface area contributed by atoms with Crippen LogP contribution in [0.3, 0.4) is 0 Å². The number of aromatic nitrogens is 1. The maximum absolute atomic E-state index is 14.7. The number of para-hydroxylation sites is 1. The number of esters is 1. The molecule has 1 aliphatic heterocycles. The summed E-state index contributed by atoms with van der Waals surface area (Å²) < 4.78 is 25.5. The van der Waals surface area contributed by atoms with Crippen molar-refractivity contribution in [3.05, 3.63) is 87.3 Å². The van der Waals surface area contributed by atoms with Crippen molar-refractivity contribution in [2.24, 2.45) is 5.73 Å². The lowest BCUT2D eigenvalue weighted by Crippen LogP contribution is -2.32. The lowest BCUT2D eigenvalue weighted by molar-refractivity contribution is -0.139. The monoisotopic (exact) mass is 380 g/mol. The molecule has 3 N–H and O–H groups in total. The van der Waals surface area contributed by atoms with E-state index in [0.717, 1.165) is 0 Å². The average molecular weight is 380 g/mol. The van der Waals surface area contributed by atoms with E-state index >= 15 is 0 Å². The fourth-order valence-electron chi connectivity index (χ4n) is 3.50. The number of hydrogen-bond donors (Lipinski definition) is 2. The number of H-pyrrole nitrogens is 1. The van der Waals surface area contributed by atoms with Crippen LogP contribution in [-0.4, -0.2) is 17.6 Å². The molecule has 1 unspecified atom stereocenters. The topological polar surface area (TPSA) is 94.4 Å². The van der Waals surface area contributed by atoms with E-state index in [4.69, 9.17) is 15.2 Å². The van der Waals surface area contributed by atoms with Crippen LogP contribution in [0.5, 0.6) is 5.75 Å². The first-order valence-corrected chi connectivity index (χ1v) is 8.76. The SMILES string of the molecule is CCOC(=O)C1=C(N)Oc2c(c(=O)[nH]c3ccccc23)C1c1ccccc1F. The molecular weight excluding hydrogens is 363 g/mol. The van der Waals surface area contributed by atoms with Crippen LogP contribution in [0.4, 0.5) is 4.39 Å². The van der Waals surface area contributed by atoms with Gasteiger partial charge >= 0.3 is 5.97 Å². The number of nitrogens with one attached hydrogen (secondary N) is 1. The predicted octanol–water partition coefficient (Wildman–Crippen LogP) is 2.92. The van der Waals surface area contributed by atoms with Crippen LogP contribution in [0.25, 0.3) is 10.9 Å². The van der Waals surface area contributed by atoms with E-state index in [-0.39, 0.29) is 34.9 Å². The Morgan fingerprint density at radius 3 is 2.68 bits per heavy atom. The largest absolute Gasteiger partial charge is 0.462 e. The van der Waals surface area contributed by atoms with Gasteiger partial charge in [0.15, 0.2) is 0 Å². The number of rotatable bonds is 3. The summed E-state index contributed by atoms with van der Waals surface area (Å²) in [5, 5.41) is 0.601. The number of aromatic amines is 1. The maximum Gasteiger partial charge on any atom is 0.340 e. The highest BCUT2D eigenvalue weighted by atomic mass is 19.1. The van der Waals surface area contributed by atoms with Gasteiger partial charge in [0.2, 0.25) is 5.88 Å². The molecule has 2 heterocycles. The minimum atomic E-state index is -1.06. The summed E-state index contributed by atoms with van der Waals surface area (Å²) in [6.07, 6.45) is 0. The summed E-state index contributed by atoms with van der Waals surface area (Å²) >= 11 is 0. The number of nitrogens with two attached hydrogens (primary N) is 1. The molecule has 7 heteroatoms. The summed E-state index contributed by atoms with van der Waals surface area (Å²) in [7, 11) is 0. The number of carbonyl (C=O) groups excluding carboxylic acids is 1. The van der Waals surface area contributed by atoms with Crippen LogP contribution >= 0.6 is 0 Å². The van der Waals surface area contributed by atoms with Gasteiger partial charge in [0.25, 0.3) is 5.56 Å². The number of pyridine rings is 1. The molecule has 1 aromatic heterocycles. The van der Waals surface area contributed by atoms with E-state index < -0.39 is 23.3 Å². The Morgan fingerprint density at radius 2 is 1.93 bits per heavy atom. The quantitative estimate of drug-likeness (QED) is 0.682. The Bertz CT molecular complexity index is 1180. The Labute approximate surface area is 159 Å². The van der Waals surface area contributed by atoms with Gasteiger partial charge < -0.3 is 20.2 Å². The zero-order valence-electron chi connectivity index (χ0n) is 15.0. The van der Waals surface area contributed by atoms with Crippen LogP contribution in [0.1, 0.15) is 24.0 Å². The zero-order chi connectivity index (χ0) is 19.8. The van der Waals surface area contributed by atoms with Crippen molar-refractivity contribution in [3.8, 4) is 5.75 Å². The number of halogens is 1. The van der Waals surface area contributed by atoms with Crippen molar-refractivity contribution < 1.29 is 18.7 Å². The van der Waals surface area contributed by atoms with Gasteiger partial charge in [-0.1, -0.05) is 30.3 Å². The lowest BCUT2D eigenvalue weighted by Gasteiger charge is -2.28. The van der Waals surface area contributed by atoms with Gasteiger partial charge in [0, 0.05) is 10.9 Å². The zero-order valence-corrected chi connectivity index (χ0v) is 15.0. The molecule has 0 amide bonds. The predicted molar refractivity (Wildman–Crippen MR) is 101 cm³/mol. The highest BCUT2D eigenvalue weighted by Gasteiger charge is 2.39. The molecule has 142 valence electrons. The van der Waals surface area contributed by atoms with Crippen molar-refractivity contribution in [1.82, 2.24) is 4.98 Å². The fraction of sp³-hybridized carbons (Fsp3) is 0.143. The van der Waals surface area contributed by atoms with Crippen LogP contribution in [0.15, 0.2) is 64.8 Å². The summed E-state index contributed by atoms with van der Waals surface area (Å²) in [4.78, 5) is 28.3. The number of ether oxygens (including phenoxy) is 2. The summed E-state index contributed by atoms with van der Waals surface area (Å²) in [6.45, 7) is 1.74. The maximum atomic E-state index is 14.7. The average Bonchev–Trinajstić information content (AvgIpc) is 2.67. The van der Waals surface area contributed by atoms with Gasteiger partial charge in [-0.25, -0.2) is 9.18 Å². The third kappa shape index (κ3) is 2.72. The fourth-order valence-corrected chi connectivity index (χ4v) is 3.50. The first-order valence-electron chi connectivity index (χ1n) is 8.76. The minimum absolute atomic E-state index is 0.0970. The van der Waals surface area contributed by atoms with Crippen LogP contribution < -0.4 is 16.0 Å². The Kier molecular flexibility index (Phi) is 4.35. The molecular formula is C21H17FN2O4. The summed E-state index contributed by atoms with van der Waals surface area (Å²) in [6, 6.07) is 13.0. The Hall–Kier alpha value is -3.61. The molecule has 0 saturated carbocycles. The number of carbonyl (C=O) groups is 1. The first-order chi connectivity index (χ1) is 13.5. The summed E-state index contributed by atoms with van der Waals surface area (Å²) in [5.41, 5.74) is 6.28. The van der Waals surface area contributed by atoms with E-state index in [0.29, 0.717) is 10.9 Å². The molecule has 0 saturated heterocycles. The van der Waals surface area contributed by atoms with E-state index in [2.05, 4.69) is 4.98 Å². The molecule has 2 aromatic carbocycles. The molecule has 0 bridgehead atoms. The number of fused-ring (bicyclic) bond motifs is 3. The van der Waals surface area contributed by atoms with Crippen LogP contribution in [0.2, 0.25) is 0 Å². The molecule has 3 aromatic rings. The van der Waals surface area contributed by atoms with E-state index in [1.807, 2.05) is 0 Å². The third-order valence-electron chi connectivity index (χ3n) is 4.68. The molecule has 4 rings (SSSR count). The highest BCUT2D eigenvalue weighted by molar-refractivity contribution is 5.95. The second-order valence-electron chi connectivity index (χ2n) is 6.30. The van der Waals surface area contributed by atoms with Gasteiger partial charge in [0.05, 0.1) is 23.6 Å². The molecule has 0 aliphatic carbocycles. The molecule has 0 fully saturated rings. The number of benzene rings is 2. The second kappa shape index (κ2) is 6.84. The lowest BCUT2D eigenvalue weighted by atomic mass is 9.82. The summed E-state index contributed by atoms with van der Waals surface area (Å²) in [5.74, 6) is -2.39. The van der Waals surface area contributed by atoms with Gasteiger partial charge in [-0.3, -0.25) is 4.79 Å². The van der Waals surface area contributed by atoms with Gasteiger partial charge in [-0.05, 0) is 25.1 Å². The Morgan fingerprint density at radius 1 is 1.21 bits per heavy atom. The van der Waals surface area contributed by atoms with Crippen molar-refractivity contribution >= 4 is 16.9 Å². The molecule has 1 aliphatic rings. The van der Waals surface area contributed by atoms with Gasteiger partial charge in [-0.15, -0.1) is 0 Å². The Balaban J connectivity index is 2.07. The van der Waals surface area contributed by atoms with Crippen molar-refractivity contribution in [1.29, 1.82) is 0 Å². The molecule has 1 atom stereocenters. The van der Waals surface area contributed by atoms with Crippen molar-refractivity contribution in [2.75, 3.05) is 6.61 Å². The van der Waals surface area contributed by atoms with E-state index in [1.54, 1.807) is 37.3 Å². The second-order valence-corrected chi connectivity index (χ2v) is 6.30. The van der Waals surface area contributed by atoms with E-state index in [1.165, 1.54) is 18.2 Å². The van der Waals surface area contributed by atoms with Crippen LogP contribution in [0, 0.1) is 5.82 Å².